The number of amides is 1. The molecule has 1 aromatic heterocycles. The van der Waals surface area contributed by atoms with Crippen molar-refractivity contribution in [1.29, 1.82) is 0 Å². The van der Waals surface area contributed by atoms with Crippen LogP contribution >= 0.6 is 0 Å². The van der Waals surface area contributed by atoms with E-state index in [4.69, 9.17) is 4.74 Å². The molecule has 8 nitrogen and oxygen atoms in total. The van der Waals surface area contributed by atoms with E-state index in [2.05, 4.69) is 25.9 Å². The number of anilines is 1. The number of hydrogen-bond donors (Lipinski definition) is 2. The lowest BCUT2D eigenvalue weighted by Gasteiger charge is -2.07. The SMILES string of the molecule is CC(=O)Oc1ccccc1C(=O)Nc1nn[nH]n1. The van der Waals surface area contributed by atoms with E-state index in [0.717, 1.165) is 0 Å². The molecule has 2 aromatic rings. The van der Waals surface area contributed by atoms with Crippen molar-refractivity contribution < 1.29 is 14.3 Å². The van der Waals surface area contributed by atoms with Crippen LogP contribution in [0, 0.1) is 0 Å². The van der Waals surface area contributed by atoms with Gasteiger partial charge in [0.15, 0.2) is 0 Å². The molecule has 92 valence electrons. The Morgan fingerprint density at radius 1 is 1.33 bits per heavy atom. The Kier molecular flexibility index (Phi) is 3.28. The van der Waals surface area contributed by atoms with Crippen molar-refractivity contribution >= 4 is 17.8 Å². The molecule has 18 heavy (non-hydrogen) atoms. The fourth-order valence-electron chi connectivity index (χ4n) is 1.28. The highest BCUT2D eigenvalue weighted by Gasteiger charge is 2.14. The van der Waals surface area contributed by atoms with E-state index in [1.165, 1.54) is 19.1 Å². The molecule has 0 fully saturated rings. The summed E-state index contributed by atoms with van der Waals surface area (Å²) in [7, 11) is 0. The summed E-state index contributed by atoms with van der Waals surface area (Å²) in [6, 6.07) is 6.35. The number of ether oxygens (including phenoxy) is 1. The fourth-order valence-corrected chi connectivity index (χ4v) is 1.28. The molecule has 0 aliphatic rings. The smallest absolute Gasteiger partial charge is 0.308 e. The maximum Gasteiger partial charge on any atom is 0.308 e. The number of nitrogens with zero attached hydrogens (tertiary/aromatic N) is 3. The van der Waals surface area contributed by atoms with Crippen LogP contribution in [0.5, 0.6) is 5.75 Å². The minimum atomic E-state index is -0.505. The highest BCUT2D eigenvalue weighted by Crippen LogP contribution is 2.18. The van der Waals surface area contributed by atoms with Gasteiger partial charge in [-0.1, -0.05) is 17.2 Å². The van der Waals surface area contributed by atoms with Gasteiger partial charge in [-0.05, 0) is 17.3 Å². The summed E-state index contributed by atoms with van der Waals surface area (Å²) in [4.78, 5) is 22.8. The van der Waals surface area contributed by atoms with E-state index in [9.17, 15) is 9.59 Å². The van der Waals surface area contributed by atoms with Crippen molar-refractivity contribution in [2.24, 2.45) is 0 Å². The number of carbonyl (C=O) groups is 2. The lowest BCUT2D eigenvalue weighted by molar-refractivity contribution is -0.131. The average Bonchev–Trinajstić information content (AvgIpc) is 2.81. The van der Waals surface area contributed by atoms with E-state index >= 15 is 0 Å². The van der Waals surface area contributed by atoms with Crippen LogP contribution < -0.4 is 10.1 Å². The Balaban J connectivity index is 2.21. The number of aromatic amines is 1. The summed E-state index contributed by atoms with van der Waals surface area (Å²) in [5.74, 6) is -0.785. The van der Waals surface area contributed by atoms with Gasteiger partial charge in [0.1, 0.15) is 5.75 Å². The third-order valence-electron chi connectivity index (χ3n) is 1.96. The Hall–Kier alpha value is -2.77. The van der Waals surface area contributed by atoms with Crippen molar-refractivity contribution in [3.05, 3.63) is 29.8 Å². The molecule has 0 aliphatic heterocycles. The third kappa shape index (κ3) is 2.67. The van der Waals surface area contributed by atoms with E-state index in [1.807, 2.05) is 0 Å². The zero-order chi connectivity index (χ0) is 13.0. The Labute approximate surface area is 101 Å². The first-order valence-electron chi connectivity index (χ1n) is 4.99. The quantitative estimate of drug-likeness (QED) is 0.599. The van der Waals surface area contributed by atoms with Crippen LogP contribution in [0.15, 0.2) is 24.3 Å². The van der Waals surface area contributed by atoms with Crippen molar-refractivity contribution in [1.82, 2.24) is 20.6 Å². The summed E-state index contributed by atoms with van der Waals surface area (Å²) in [5, 5.41) is 15.1. The second-order valence-electron chi connectivity index (χ2n) is 3.28. The van der Waals surface area contributed by atoms with Crippen LogP contribution in [0.4, 0.5) is 5.95 Å². The van der Waals surface area contributed by atoms with Gasteiger partial charge in [-0.15, -0.1) is 5.10 Å². The molecule has 0 saturated heterocycles. The van der Waals surface area contributed by atoms with E-state index < -0.39 is 11.9 Å². The van der Waals surface area contributed by atoms with Crippen LogP contribution in [0.2, 0.25) is 0 Å². The number of tetrazole rings is 1. The molecule has 0 aliphatic carbocycles. The molecule has 0 spiro atoms. The zero-order valence-electron chi connectivity index (χ0n) is 9.38. The first-order valence-corrected chi connectivity index (χ1v) is 4.99. The predicted molar refractivity (Wildman–Crippen MR) is 59.9 cm³/mol. The molecule has 0 radical (unpaired) electrons. The second-order valence-corrected chi connectivity index (χ2v) is 3.28. The van der Waals surface area contributed by atoms with Crippen molar-refractivity contribution in [3.8, 4) is 5.75 Å². The second kappa shape index (κ2) is 5.04. The summed E-state index contributed by atoms with van der Waals surface area (Å²) >= 11 is 0. The van der Waals surface area contributed by atoms with Crippen LogP contribution in [-0.2, 0) is 4.79 Å². The number of para-hydroxylation sites is 1. The molecule has 1 heterocycles. The van der Waals surface area contributed by atoms with E-state index in [0.29, 0.717) is 0 Å². The van der Waals surface area contributed by atoms with E-state index in [-0.39, 0.29) is 17.3 Å². The third-order valence-corrected chi connectivity index (χ3v) is 1.96. The summed E-state index contributed by atoms with van der Waals surface area (Å²) < 4.78 is 4.92. The van der Waals surface area contributed by atoms with Crippen molar-refractivity contribution in [3.63, 3.8) is 0 Å². The zero-order valence-corrected chi connectivity index (χ0v) is 9.38. The number of rotatable bonds is 3. The van der Waals surface area contributed by atoms with Gasteiger partial charge in [-0.3, -0.25) is 14.9 Å². The lowest BCUT2D eigenvalue weighted by atomic mass is 10.2. The van der Waals surface area contributed by atoms with Crippen LogP contribution in [0.25, 0.3) is 0 Å². The maximum atomic E-state index is 11.9. The monoisotopic (exact) mass is 247 g/mol. The van der Waals surface area contributed by atoms with Gasteiger partial charge in [-0.2, -0.15) is 5.21 Å². The normalized spacial score (nSPS) is 9.83. The van der Waals surface area contributed by atoms with Gasteiger partial charge >= 0.3 is 5.97 Å². The van der Waals surface area contributed by atoms with Gasteiger partial charge in [0, 0.05) is 6.92 Å². The van der Waals surface area contributed by atoms with Crippen LogP contribution in [0.1, 0.15) is 17.3 Å². The van der Waals surface area contributed by atoms with E-state index in [1.54, 1.807) is 12.1 Å². The molecule has 0 atom stereocenters. The molecule has 2 rings (SSSR count). The molecule has 0 unspecified atom stereocenters. The Bertz CT molecular complexity index is 567. The maximum absolute atomic E-state index is 11.9. The minimum Gasteiger partial charge on any atom is -0.426 e. The number of H-pyrrole nitrogens is 1. The Morgan fingerprint density at radius 2 is 2.11 bits per heavy atom. The number of aromatic nitrogens is 4. The van der Waals surface area contributed by atoms with Gasteiger partial charge in [0.25, 0.3) is 11.9 Å². The number of esters is 1. The number of hydrogen-bond acceptors (Lipinski definition) is 6. The standard InChI is InChI=1S/C10H9N5O3/c1-6(16)18-8-5-3-2-4-7(8)9(17)11-10-12-14-15-13-10/h2-5H,1H3,(H2,11,12,13,14,15,17). The first-order chi connectivity index (χ1) is 8.66. The fraction of sp³-hybridized carbons (Fsp3) is 0.100. The van der Waals surface area contributed by atoms with Crippen LogP contribution in [-0.4, -0.2) is 32.5 Å². The number of nitrogens with one attached hydrogen (secondary N) is 2. The molecular formula is C10H9N5O3. The van der Waals surface area contributed by atoms with Gasteiger partial charge < -0.3 is 4.74 Å². The molecule has 2 N–H and O–H groups in total. The molecular weight excluding hydrogens is 238 g/mol. The highest BCUT2D eigenvalue weighted by atomic mass is 16.5. The highest BCUT2D eigenvalue weighted by molar-refractivity contribution is 6.05. The molecule has 8 heteroatoms. The van der Waals surface area contributed by atoms with Crippen LogP contribution in [0.3, 0.4) is 0 Å². The van der Waals surface area contributed by atoms with Gasteiger partial charge in [0.2, 0.25) is 0 Å². The molecule has 0 bridgehead atoms. The average molecular weight is 247 g/mol. The molecule has 1 aromatic carbocycles. The minimum absolute atomic E-state index is 0.0395. The summed E-state index contributed by atoms with van der Waals surface area (Å²) in [5.41, 5.74) is 0.206. The van der Waals surface area contributed by atoms with Gasteiger partial charge in [-0.25, -0.2) is 0 Å². The lowest BCUT2D eigenvalue weighted by Crippen LogP contribution is -2.15. The summed E-state index contributed by atoms with van der Waals surface area (Å²) in [6.07, 6.45) is 0. The number of carbonyl (C=O) groups excluding carboxylic acids is 2. The molecule has 0 saturated carbocycles. The molecule has 1 amide bonds. The predicted octanol–water partition coefficient (Wildman–Crippen LogP) is 0.377. The summed E-state index contributed by atoms with van der Waals surface area (Å²) in [6.45, 7) is 1.26. The van der Waals surface area contributed by atoms with Crippen molar-refractivity contribution in [2.45, 2.75) is 6.92 Å². The number of benzene rings is 1. The topological polar surface area (TPSA) is 110 Å². The first kappa shape index (κ1) is 11.7. The Morgan fingerprint density at radius 3 is 2.78 bits per heavy atom. The largest absolute Gasteiger partial charge is 0.426 e. The van der Waals surface area contributed by atoms with Gasteiger partial charge in [0.05, 0.1) is 5.56 Å². The van der Waals surface area contributed by atoms with Crippen molar-refractivity contribution in [2.75, 3.05) is 5.32 Å².